The standard InChI is InChI=1S/C32H41N3O8S/c1-20(2)16-35(44(39,40)24-11-8-21(9-12-24)10-13-29(33)37)17-28(36)27(14-22-6-4-3-5-7-22)34-32(38)43-30-23-15-25-26(30)19-42-31(25)41-18-23/h3-13,20,23,25-28,30-31,36H,14-19H2,1-2H3,(H2,33,37)(H,34,38)/b13-10+/t23?,25?,26?,27-,28+,30?,31?/m0/s1. The van der Waals surface area contributed by atoms with Gasteiger partial charge in [0.05, 0.1) is 30.3 Å². The molecule has 0 spiro atoms. The van der Waals surface area contributed by atoms with Gasteiger partial charge in [-0.3, -0.25) is 4.79 Å². The fourth-order valence-corrected chi connectivity index (χ4v) is 8.02. The maximum absolute atomic E-state index is 13.8. The molecule has 2 amide bonds. The molecule has 0 radical (unpaired) electrons. The predicted octanol–water partition coefficient (Wildman–Crippen LogP) is 2.54. The van der Waals surface area contributed by atoms with Gasteiger partial charge in [0.15, 0.2) is 6.29 Å². The maximum atomic E-state index is 13.8. The van der Waals surface area contributed by atoms with Crippen molar-refractivity contribution in [1.29, 1.82) is 0 Å². The second-order valence-corrected chi connectivity index (χ2v) is 14.2. The molecule has 0 aromatic heterocycles. The van der Waals surface area contributed by atoms with Crippen LogP contribution in [0.2, 0.25) is 0 Å². The summed E-state index contributed by atoms with van der Waals surface area (Å²) in [5.41, 5.74) is 6.63. The highest BCUT2D eigenvalue weighted by molar-refractivity contribution is 7.89. The van der Waals surface area contributed by atoms with Gasteiger partial charge in [-0.05, 0) is 48.1 Å². The second kappa shape index (κ2) is 13.8. The highest BCUT2D eigenvalue weighted by Gasteiger charge is 2.56. The van der Waals surface area contributed by atoms with Crippen molar-refractivity contribution in [3.63, 3.8) is 0 Å². The summed E-state index contributed by atoms with van der Waals surface area (Å²) in [6, 6.07) is 14.6. The first-order chi connectivity index (χ1) is 21.0. The molecule has 2 aromatic carbocycles. The van der Waals surface area contributed by atoms with E-state index in [1.165, 1.54) is 28.6 Å². The lowest BCUT2D eigenvalue weighted by atomic mass is 9.98. The quantitative estimate of drug-likeness (QED) is 0.286. The van der Waals surface area contributed by atoms with Gasteiger partial charge in [-0.15, -0.1) is 0 Å². The average Bonchev–Trinajstić information content (AvgIpc) is 3.52. The summed E-state index contributed by atoms with van der Waals surface area (Å²) < 4.78 is 46.3. The Hall–Kier alpha value is -3.29. The second-order valence-electron chi connectivity index (χ2n) is 12.3. The smallest absolute Gasteiger partial charge is 0.407 e. The summed E-state index contributed by atoms with van der Waals surface area (Å²) >= 11 is 0. The van der Waals surface area contributed by atoms with Crippen molar-refractivity contribution < 1.29 is 37.3 Å². The predicted molar refractivity (Wildman–Crippen MR) is 162 cm³/mol. The fourth-order valence-electron chi connectivity index (χ4n) is 6.40. The molecule has 12 heteroatoms. The third kappa shape index (κ3) is 7.49. The van der Waals surface area contributed by atoms with Crippen LogP contribution in [0.3, 0.4) is 0 Å². The molecule has 4 N–H and O–H groups in total. The van der Waals surface area contributed by atoms with E-state index in [0.717, 1.165) is 12.0 Å². The number of carbonyl (C=O) groups excluding carboxylic acids is 2. The van der Waals surface area contributed by atoms with Crippen LogP contribution < -0.4 is 11.1 Å². The molecule has 3 fully saturated rings. The van der Waals surface area contributed by atoms with E-state index in [9.17, 15) is 23.1 Å². The summed E-state index contributed by atoms with van der Waals surface area (Å²) in [5, 5.41) is 14.4. The number of rotatable bonds is 13. The zero-order chi connectivity index (χ0) is 31.4. The number of sulfonamides is 1. The average molecular weight is 628 g/mol. The molecule has 2 aromatic rings. The monoisotopic (exact) mass is 627 g/mol. The van der Waals surface area contributed by atoms with Crippen molar-refractivity contribution in [3.8, 4) is 0 Å². The molecule has 1 aliphatic carbocycles. The minimum atomic E-state index is -4.02. The van der Waals surface area contributed by atoms with Crippen LogP contribution in [-0.4, -0.2) is 80.7 Å². The van der Waals surface area contributed by atoms with Crippen molar-refractivity contribution in [2.45, 2.75) is 56.1 Å². The number of alkyl carbamates (subject to hydrolysis) is 1. The van der Waals surface area contributed by atoms with E-state index < -0.39 is 34.2 Å². The minimum absolute atomic E-state index is 0.0401. The van der Waals surface area contributed by atoms with Gasteiger partial charge >= 0.3 is 6.09 Å². The first-order valence-electron chi connectivity index (χ1n) is 15.0. The zero-order valence-electron chi connectivity index (χ0n) is 25.0. The molecule has 2 aliphatic heterocycles. The lowest BCUT2D eigenvalue weighted by molar-refractivity contribution is -0.169. The van der Waals surface area contributed by atoms with E-state index >= 15 is 0 Å². The van der Waals surface area contributed by atoms with Crippen molar-refractivity contribution in [2.75, 3.05) is 26.3 Å². The summed E-state index contributed by atoms with van der Waals surface area (Å²) in [6.45, 7) is 4.63. The van der Waals surface area contributed by atoms with Crippen LogP contribution in [0, 0.1) is 23.7 Å². The van der Waals surface area contributed by atoms with Gasteiger partial charge in [-0.1, -0.05) is 56.3 Å². The van der Waals surface area contributed by atoms with E-state index in [1.54, 1.807) is 12.1 Å². The van der Waals surface area contributed by atoms with Crippen molar-refractivity contribution >= 4 is 28.1 Å². The van der Waals surface area contributed by atoms with E-state index in [-0.39, 0.29) is 60.5 Å². The summed E-state index contributed by atoms with van der Waals surface area (Å²) in [6.07, 6.45) is 1.34. The SMILES string of the molecule is CC(C)CN(C[C@@H](O)[C@H](Cc1ccccc1)NC(=O)OC1C2COC3OCC1C3C2)S(=O)(=O)c1ccc(/C=C/C(N)=O)cc1. The Labute approximate surface area is 258 Å². The lowest BCUT2D eigenvalue weighted by Gasteiger charge is -2.31. The number of ether oxygens (including phenoxy) is 3. The number of benzene rings is 2. The van der Waals surface area contributed by atoms with E-state index in [1.807, 2.05) is 44.2 Å². The number of carbonyl (C=O) groups is 2. The molecular formula is C32H41N3O8S. The van der Waals surface area contributed by atoms with Crippen LogP contribution in [0.25, 0.3) is 6.08 Å². The lowest BCUT2D eigenvalue weighted by Crippen LogP contribution is -2.52. The Morgan fingerprint density at radius 3 is 2.45 bits per heavy atom. The van der Waals surface area contributed by atoms with Crippen LogP contribution in [-0.2, 0) is 35.4 Å². The first-order valence-corrected chi connectivity index (χ1v) is 16.5. The number of nitrogens with zero attached hydrogens (tertiary/aromatic N) is 1. The molecule has 7 atom stereocenters. The Kier molecular flexibility index (Phi) is 10.1. The Morgan fingerprint density at radius 1 is 1.07 bits per heavy atom. The molecule has 2 saturated heterocycles. The highest BCUT2D eigenvalue weighted by Crippen LogP contribution is 2.49. The van der Waals surface area contributed by atoms with Crippen LogP contribution in [0.5, 0.6) is 0 Å². The normalized spacial score (nSPS) is 25.8. The summed E-state index contributed by atoms with van der Waals surface area (Å²) in [4.78, 5) is 24.4. The summed E-state index contributed by atoms with van der Waals surface area (Å²) in [7, 11) is -4.02. The topological polar surface area (TPSA) is 157 Å². The Bertz CT molecular complexity index is 1430. The number of nitrogens with one attached hydrogen (secondary N) is 1. The Morgan fingerprint density at radius 2 is 1.77 bits per heavy atom. The van der Waals surface area contributed by atoms with Gasteiger partial charge in [0.1, 0.15) is 6.10 Å². The number of hydrogen-bond donors (Lipinski definition) is 3. The number of hydrogen-bond acceptors (Lipinski definition) is 8. The molecule has 44 heavy (non-hydrogen) atoms. The molecule has 1 saturated carbocycles. The molecule has 238 valence electrons. The van der Waals surface area contributed by atoms with Crippen molar-refractivity contribution in [2.24, 2.45) is 29.4 Å². The van der Waals surface area contributed by atoms with Crippen molar-refractivity contribution in [3.05, 3.63) is 71.8 Å². The molecule has 3 aliphatic rings. The molecule has 11 nitrogen and oxygen atoms in total. The van der Waals surface area contributed by atoms with Crippen LogP contribution >= 0.6 is 0 Å². The number of primary amides is 1. The molecule has 2 bridgehead atoms. The third-order valence-corrected chi connectivity index (χ3v) is 10.4. The molecule has 5 unspecified atom stereocenters. The largest absolute Gasteiger partial charge is 0.445 e. The van der Waals surface area contributed by atoms with Gasteiger partial charge in [0.25, 0.3) is 0 Å². The minimum Gasteiger partial charge on any atom is -0.445 e. The first kappa shape index (κ1) is 32.1. The summed E-state index contributed by atoms with van der Waals surface area (Å²) in [5.74, 6) is -0.276. The van der Waals surface area contributed by atoms with Crippen LogP contribution in [0.4, 0.5) is 4.79 Å². The number of aliphatic hydroxyl groups excluding tert-OH is 1. The molecular weight excluding hydrogens is 586 g/mol. The Balaban J connectivity index is 1.32. The van der Waals surface area contributed by atoms with Crippen LogP contribution in [0.15, 0.2) is 65.6 Å². The van der Waals surface area contributed by atoms with Gasteiger partial charge in [-0.2, -0.15) is 4.31 Å². The van der Waals surface area contributed by atoms with Gasteiger partial charge in [0.2, 0.25) is 15.9 Å². The van der Waals surface area contributed by atoms with Gasteiger partial charge in [-0.25, -0.2) is 13.2 Å². The number of amides is 2. The highest BCUT2D eigenvalue weighted by atomic mass is 32.2. The van der Waals surface area contributed by atoms with Gasteiger partial charge in [0, 0.05) is 36.9 Å². The maximum Gasteiger partial charge on any atom is 0.407 e. The zero-order valence-corrected chi connectivity index (χ0v) is 25.8. The molecule has 2 heterocycles. The fraction of sp³-hybridized carbons (Fsp3) is 0.500. The van der Waals surface area contributed by atoms with Crippen molar-refractivity contribution in [1.82, 2.24) is 9.62 Å². The van der Waals surface area contributed by atoms with Crippen LogP contribution in [0.1, 0.15) is 31.4 Å². The number of aliphatic hydroxyl groups is 1. The van der Waals surface area contributed by atoms with E-state index in [2.05, 4.69) is 5.32 Å². The number of fused-ring (bicyclic) bond motifs is 1. The van der Waals surface area contributed by atoms with E-state index in [4.69, 9.17) is 19.9 Å². The number of nitrogens with two attached hydrogens (primary N) is 1. The van der Waals surface area contributed by atoms with E-state index in [0.29, 0.717) is 18.8 Å². The third-order valence-electron chi connectivity index (χ3n) is 8.52. The molecule has 5 rings (SSSR count). The van der Waals surface area contributed by atoms with Gasteiger partial charge < -0.3 is 30.4 Å².